The summed E-state index contributed by atoms with van der Waals surface area (Å²) in [6.07, 6.45) is -4.76. The molecule has 0 radical (unpaired) electrons. The molecular weight excluding hydrogens is 315 g/mol. The molecule has 0 fully saturated rings. The molecule has 2 rings (SSSR count). The third-order valence-electron chi connectivity index (χ3n) is 2.51. The molecule has 1 amide bonds. The Morgan fingerprint density at radius 3 is 2.35 bits per heavy atom. The van der Waals surface area contributed by atoms with E-state index in [1.54, 1.807) is 6.92 Å². The topological polar surface area (TPSA) is 73.3 Å². The van der Waals surface area contributed by atoms with Crippen LogP contribution >= 0.6 is 0 Å². The van der Waals surface area contributed by atoms with Gasteiger partial charge in [-0.25, -0.2) is 0 Å². The number of hydrogen-bond donors (Lipinski definition) is 1. The predicted molar refractivity (Wildman–Crippen MR) is 74.3 cm³/mol. The molecule has 0 saturated heterocycles. The van der Waals surface area contributed by atoms with Crippen molar-refractivity contribution in [2.45, 2.75) is 13.3 Å². The van der Waals surface area contributed by atoms with E-state index in [1.807, 2.05) is 0 Å². The van der Waals surface area contributed by atoms with Gasteiger partial charge in [-0.15, -0.1) is 23.4 Å². The molecule has 1 N–H and O–H groups in total. The molecule has 0 unspecified atom stereocenters. The molecule has 122 valence electrons. The van der Waals surface area contributed by atoms with Crippen LogP contribution in [0, 0.1) is 0 Å². The van der Waals surface area contributed by atoms with E-state index in [-0.39, 0.29) is 17.3 Å². The third-order valence-corrected chi connectivity index (χ3v) is 2.51. The summed E-state index contributed by atoms with van der Waals surface area (Å²) in [7, 11) is 0. The lowest BCUT2D eigenvalue weighted by Gasteiger charge is -2.09. The molecule has 1 aromatic heterocycles. The number of carbonyl (C=O) groups excluding carboxylic acids is 1. The van der Waals surface area contributed by atoms with Gasteiger partial charge in [0.05, 0.1) is 6.61 Å². The SMILES string of the molecule is CCOc1ccc(C(=O)Nc2ccc(OC(F)(F)F)cc2)nn1. The molecule has 9 heteroatoms. The van der Waals surface area contributed by atoms with E-state index in [2.05, 4.69) is 20.3 Å². The van der Waals surface area contributed by atoms with Crippen molar-refractivity contribution in [1.82, 2.24) is 10.2 Å². The van der Waals surface area contributed by atoms with Gasteiger partial charge in [0.1, 0.15) is 5.75 Å². The zero-order chi connectivity index (χ0) is 16.9. The van der Waals surface area contributed by atoms with Gasteiger partial charge in [-0.2, -0.15) is 0 Å². The van der Waals surface area contributed by atoms with Gasteiger partial charge >= 0.3 is 6.36 Å². The average Bonchev–Trinajstić information content (AvgIpc) is 2.49. The monoisotopic (exact) mass is 327 g/mol. The standard InChI is InChI=1S/C14H12F3N3O3/c1-2-22-12-8-7-11(19-20-12)13(21)18-9-3-5-10(6-4-9)23-14(15,16)17/h3-8H,2H2,1H3,(H,18,21). The quantitative estimate of drug-likeness (QED) is 0.914. The van der Waals surface area contributed by atoms with Crippen LogP contribution in [0.2, 0.25) is 0 Å². The van der Waals surface area contributed by atoms with Crippen molar-refractivity contribution >= 4 is 11.6 Å². The van der Waals surface area contributed by atoms with Crippen LogP contribution in [0.15, 0.2) is 36.4 Å². The van der Waals surface area contributed by atoms with E-state index >= 15 is 0 Å². The fourth-order valence-electron chi connectivity index (χ4n) is 1.60. The highest BCUT2D eigenvalue weighted by molar-refractivity contribution is 6.02. The zero-order valence-electron chi connectivity index (χ0n) is 11.9. The minimum absolute atomic E-state index is 0.0454. The normalized spacial score (nSPS) is 11.0. The lowest BCUT2D eigenvalue weighted by atomic mass is 10.3. The summed E-state index contributed by atoms with van der Waals surface area (Å²) in [5, 5.41) is 9.89. The maximum absolute atomic E-state index is 12.0. The largest absolute Gasteiger partial charge is 0.573 e. The Balaban J connectivity index is 1.99. The highest BCUT2D eigenvalue weighted by Crippen LogP contribution is 2.24. The summed E-state index contributed by atoms with van der Waals surface area (Å²) in [5.74, 6) is -0.640. The number of nitrogens with one attached hydrogen (secondary N) is 1. The van der Waals surface area contributed by atoms with Gasteiger partial charge in [0.2, 0.25) is 5.88 Å². The summed E-state index contributed by atoms with van der Waals surface area (Å²) in [6.45, 7) is 2.21. The molecule has 0 atom stereocenters. The number of aromatic nitrogens is 2. The average molecular weight is 327 g/mol. The number of halogens is 3. The lowest BCUT2D eigenvalue weighted by Crippen LogP contribution is -2.17. The number of rotatable bonds is 5. The second-order valence-corrected chi connectivity index (χ2v) is 4.22. The molecule has 0 bridgehead atoms. The number of hydrogen-bond acceptors (Lipinski definition) is 5. The molecule has 0 spiro atoms. The molecule has 6 nitrogen and oxygen atoms in total. The van der Waals surface area contributed by atoms with Crippen LogP contribution in [-0.2, 0) is 0 Å². The van der Waals surface area contributed by atoms with E-state index in [1.165, 1.54) is 24.3 Å². The van der Waals surface area contributed by atoms with Crippen LogP contribution in [0.5, 0.6) is 11.6 Å². The van der Waals surface area contributed by atoms with E-state index in [4.69, 9.17) is 4.74 Å². The van der Waals surface area contributed by atoms with Gasteiger partial charge < -0.3 is 14.8 Å². The number of alkyl halides is 3. The van der Waals surface area contributed by atoms with Crippen LogP contribution < -0.4 is 14.8 Å². The van der Waals surface area contributed by atoms with E-state index in [9.17, 15) is 18.0 Å². The molecular formula is C14H12F3N3O3. The molecule has 0 saturated carbocycles. The summed E-state index contributed by atoms with van der Waals surface area (Å²) < 4.78 is 45.0. The summed E-state index contributed by atoms with van der Waals surface area (Å²) in [6, 6.07) is 7.65. The van der Waals surface area contributed by atoms with Gasteiger partial charge in [-0.1, -0.05) is 0 Å². The number of carbonyl (C=O) groups is 1. The first-order valence-corrected chi connectivity index (χ1v) is 6.51. The summed E-state index contributed by atoms with van der Waals surface area (Å²) in [4.78, 5) is 11.9. The zero-order valence-corrected chi connectivity index (χ0v) is 11.9. The smallest absolute Gasteiger partial charge is 0.477 e. The van der Waals surface area contributed by atoms with Gasteiger partial charge in [0.25, 0.3) is 5.91 Å². The molecule has 1 aromatic carbocycles. The lowest BCUT2D eigenvalue weighted by molar-refractivity contribution is -0.274. The second-order valence-electron chi connectivity index (χ2n) is 4.22. The van der Waals surface area contributed by atoms with Gasteiger partial charge in [-0.3, -0.25) is 4.79 Å². The number of anilines is 1. The highest BCUT2D eigenvalue weighted by atomic mass is 19.4. The number of nitrogens with zero attached hydrogens (tertiary/aromatic N) is 2. The van der Waals surface area contributed by atoms with Gasteiger partial charge in [0, 0.05) is 11.8 Å². The maximum Gasteiger partial charge on any atom is 0.573 e. The molecule has 0 aliphatic carbocycles. The Labute approximate surface area is 129 Å². The van der Waals surface area contributed by atoms with Gasteiger partial charge in [-0.05, 0) is 37.3 Å². The van der Waals surface area contributed by atoms with Crippen LogP contribution in [-0.4, -0.2) is 29.1 Å². The highest BCUT2D eigenvalue weighted by Gasteiger charge is 2.30. The minimum atomic E-state index is -4.76. The van der Waals surface area contributed by atoms with Crippen molar-refractivity contribution < 1.29 is 27.4 Å². The molecule has 0 aliphatic heterocycles. The van der Waals surface area contributed by atoms with E-state index in [0.717, 1.165) is 12.1 Å². The molecule has 0 aliphatic rings. The van der Waals surface area contributed by atoms with E-state index < -0.39 is 12.3 Å². The Morgan fingerprint density at radius 2 is 1.83 bits per heavy atom. The third kappa shape index (κ3) is 5.13. The fourth-order valence-corrected chi connectivity index (χ4v) is 1.60. The predicted octanol–water partition coefficient (Wildman–Crippen LogP) is 3.03. The Hall–Kier alpha value is -2.84. The van der Waals surface area contributed by atoms with Crippen molar-refractivity contribution in [1.29, 1.82) is 0 Å². The van der Waals surface area contributed by atoms with Crippen LogP contribution in [0.4, 0.5) is 18.9 Å². The maximum atomic E-state index is 12.0. The van der Waals surface area contributed by atoms with Crippen molar-refractivity contribution in [2.24, 2.45) is 0 Å². The van der Waals surface area contributed by atoms with Crippen molar-refractivity contribution in [2.75, 3.05) is 11.9 Å². The van der Waals surface area contributed by atoms with Crippen molar-refractivity contribution in [3.8, 4) is 11.6 Å². The Morgan fingerprint density at radius 1 is 1.13 bits per heavy atom. The Kier molecular flexibility index (Phi) is 4.99. The van der Waals surface area contributed by atoms with E-state index in [0.29, 0.717) is 12.3 Å². The number of ether oxygens (including phenoxy) is 2. The molecule has 23 heavy (non-hydrogen) atoms. The first-order chi connectivity index (χ1) is 10.9. The van der Waals surface area contributed by atoms with Crippen LogP contribution in [0.3, 0.4) is 0 Å². The second kappa shape index (κ2) is 6.95. The summed E-state index contributed by atoms with van der Waals surface area (Å²) in [5.41, 5.74) is 0.337. The van der Waals surface area contributed by atoms with Crippen LogP contribution in [0.1, 0.15) is 17.4 Å². The van der Waals surface area contributed by atoms with Crippen molar-refractivity contribution in [3.63, 3.8) is 0 Å². The Bertz CT molecular complexity index is 658. The van der Waals surface area contributed by atoms with Crippen LogP contribution in [0.25, 0.3) is 0 Å². The first kappa shape index (κ1) is 16.5. The summed E-state index contributed by atoms with van der Waals surface area (Å²) >= 11 is 0. The number of amides is 1. The minimum Gasteiger partial charge on any atom is -0.477 e. The first-order valence-electron chi connectivity index (χ1n) is 6.51. The van der Waals surface area contributed by atoms with Gasteiger partial charge in [0.15, 0.2) is 5.69 Å². The molecule has 2 aromatic rings. The number of benzene rings is 1. The fraction of sp³-hybridized carbons (Fsp3) is 0.214. The van der Waals surface area contributed by atoms with Crippen molar-refractivity contribution in [3.05, 3.63) is 42.1 Å². The molecule has 1 heterocycles.